The van der Waals surface area contributed by atoms with Crippen molar-refractivity contribution >= 4 is 21.6 Å². The molecule has 2 aromatic carbocycles. The molecular weight excluding hydrogens is 410 g/mol. The highest BCUT2D eigenvalue weighted by Gasteiger charge is 2.16. The lowest BCUT2D eigenvalue weighted by atomic mass is 10.1. The highest BCUT2D eigenvalue weighted by Crippen LogP contribution is 2.32. The lowest BCUT2D eigenvalue weighted by Crippen LogP contribution is -2.25. The predicted octanol–water partition coefficient (Wildman–Crippen LogP) is 4.32. The van der Waals surface area contributed by atoms with Crippen LogP contribution in [0, 0.1) is 0 Å². The van der Waals surface area contributed by atoms with Crippen LogP contribution in [0.2, 0.25) is 0 Å². The Balaban J connectivity index is 1.29. The van der Waals surface area contributed by atoms with Crippen LogP contribution in [0.5, 0.6) is 11.5 Å². The van der Waals surface area contributed by atoms with Crippen molar-refractivity contribution < 1.29 is 9.47 Å². The monoisotopic (exact) mass is 433 g/mol. The van der Waals surface area contributed by atoms with Gasteiger partial charge >= 0.3 is 0 Å². The minimum Gasteiger partial charge on any atom is -0.486 e. The lowest BCUT2D eigenvalue weighted by Gasteiger charge is -2.19. The van der Waals surface area contributed by atoms with Gasteiger partial charge in [-0.3, -0.25) is 4.79 Å². The number of nitrogens with one attached hydrogen (secondary N) is 2. The van der Waals surface area contributed by atoms with Crippen molar-refractivity contribution in [3.63, 3.8) is 0 Å². The van der Waals surface area contributed by atoms with Crippen LogP contribution in [0.15, 0.2) is 58.7 Å². The summed E-state index contributed by atoms with van der Waals surface area (Å²) >= 11 is 1.50. The Labute approximate surface area is 183 Å². The number of rotatable bonds is 6. The van der Waals surface area contributed by atoms with E-state index in [9.17, 15) is 4.79 Å². The maximum absolute atomic E-state index is 12.8. The summed E-state index contributed by atoms with van der Waals surface area (Å²) in [4.78, 5) is 21.3. The van der Waals surface area contributed by atoms with E-state index in [1.165, 1.54) is 16.9 Å². The van der Waals surface area contributed by atoms with Gasteiger partial charge in [-0.1, -0.05) is 36.4 Å². The number of fused-ring (bicyclic) bond motifs is 2. The first-order chi connectivity index (χ1) is 15.2. The molecule has 0 spiro atoms. The second-order valence-corrected chi connectivity index (χ2v) is 8.41. The summed E-state index contributed by atoms with van der Waals surface area (Å²) in [6.07, 6.45) is 0.838. The zero-order chi connectivity index (χ0) is 21.2. The number of benzene rings is 2. The average molecular weight is 434 g/mol. The Bertz CT molecular complexity index is 1270. The standard InChI is InChI=1S/C24H23N3O3S/c1-15(25-10-9-16-7-8-19-20(13-16)30-12-11-29-19)22-26-23(28)21-18(14-31-24(21)27-22)17-5-3-2-4-6-17/h2-8,13-15,25H,9-12H2,1H3,(H,26,27,28). The SMILES string of the molecule is CC(NCCc1ccc2c(c1)OCCO2)c1nc2scc(-c3ccccc3)c2c(=O)[nH]1. The van der Waals surface area contributed by atoms with Gasteiger partial charge in [0.2, 0.25) is 0 Å². The molecule has 4 aromatic rings. The Morgan fingerprint density at radius 1 is 1.13 bits per heavy atom. The summed E-state index contributed by atoms with van der Waals surface area (Å²) in [5.41, 5.74) is 3.03. The summed E-state index contributed by atoms with van der Waals surface area (Å²) in [7, 11) is 0. The van der Waals surface area contributed by atoms with Crippen LogP contribution >= 0.6 is 11.3 Å². The third kappa shape index (κ3) is 4.06. The van der Waals surface area contributed by atoms with Gasteiger partial charge in [0, 0.05) is 10.9 Å². The van der Waals surface area contributed by atoms with Gasteiger partial charge in [0.1, 0.15) is 23.9 Å². The molecule has 2 N–H and O–H groups in total. The van der Waals surface area contributed by atoms with E-state index in [4.69, 9.17) is 14.5 Å². The number of aromatic nitrogens is 2. The van der Waals surface area contributed by atoms with Crippen molar-refractivity contribution in [1.82, 2.24) is 15.3 Å². The van der Waals surface area contributed by atoms with E-state index >= 15 is 0 Å². The first kappa shape index (κ1) is 19.8. The average Bonchev–Trinajstić information content (AvgIpc) is 3.24. The van der Waals surface area contributed by atoms with Crippen molar-refractivity contribution in [2.75, 3.05) is 19.8 Å². The van der Waals surface area contributed by atoms with E-state index in [-0.39, 0.29) is 11.6 Å². The minimum atomic E-state index is -0.0967. The van der Waals surface area contributed by atoms with Gasteiger partial charge in [-0.05, 0) is 43.1 Å². The van der Waals surface area contributed by atoms with Crippen LogP contribution < -0.4 is 20.3 Å². The molecule has 6 nitrogen and oxygen atoms in total. The molecule has 7 heteroatoms. The van der Waals surface area contributed by atoms with E-state index in [1.54, 1.807) is 0 Å². The van der Waals surface area contributed by atoms with Crippen molar-refractivity contribution in [1.29, 1.82) is 0 Å². The fraction of sp³-hybridized carbons (Fsp3) is 0.250. The second kappa shape index (κ2) is 8.53. The normalized spacial score (nSPS) is 14.0. The van der Waals surface area contributed by atoms with Crippen molar-refractivity contribution in [3.8, 4) is 22.6 Å². The second-order valence-electron chi connectivity index (χ2n) is 7.55. The molecule has 3 heterocycles. The number of hydrogen-bond acceptors (Lipinski definition) is 6. The number of aromatic amines is 1. The highest BCUT2D eigenvalue weighted by atomic mass is 32.1. The Morgan fingerprint density at radius 2 is 1.94 bits per heavy atom. The Morgan fingerprint density at radius 3 is 2.77 bits per heavy atom. The maximum atomic E-state index is 12.8. The molecule has 0 fully saturated rings. The molecule has 0 aliphatic carbocycles. The molecule has 0 saturated carbocycles. The summed E-state index contributed by atoms with van der Waals surface area (Å²) in [6.45, 7) is 3.95. The molecule has 158 valence electrons. The molecule has 0 amide bonds. The number of nitrogens with zero attached hydrogens (tertiary/aromatic N) is 1. The molecule has 0 bridgehead atoms. The molecule has 0 radical (unpaired) electrons. The Hall–Kier alpha value is -3.16. The quantitative estimate of drug-likeness (QED) is 0.474. The van der Waals surface area contributed by atoms with Gasteiger partial charge in [0.05, 0.1) is 11.4 Å². The van der Waals surface area contributed by atoms with Crippen LogP contribution in [0.4, 0.5) is 0 Å². The molecular formula is C24H23N3O3S. The number of H-pyrrole nitrogens is 1. The molecule has 31 heavy (non-hydrogen) atoms. The number of hydrogen-bond donors (Lipinski definition) is 2. The molecule has 2 aromatic heterocycles. The molecule has 5 rings (SSSR count). The third-order valence-electron chi connectivity index (χ3n) is 5.43. The van der Waals surface area contributed by atoms with Crippen molar-refractivity contribution in [3.05, 3.63) is 75.7 Å². The largest absolute Gasteiger partial charge is 0.486 e. The summed E-state index contributed by atoms with van der Waals surface area (Å²) < 4.78 is 11.2. The summed E-state index contributed by atoms with van der Waals surface area (Å²) in [5, 5.41) is 6.12. The van der Waals surface area contributed by atoms with Crippen molar-refractivity contribution in [2.45, 2.75) is 19.4 Å². The number of thiophene rings is 1. The predicted molar refractivity (Wildman–Crippen MR) is 123 cm³/mol. The van der Waals surface area contributed by atoms with Gasteiger partial charge < -0.3 is 19.8 Å². The van der Waals surface area contributed by atoms with Gasteiger partial charge in [0.25, 0.3) is 5.56 Å². The van der Waals surface area contributed by atoms with Gasteiger partial charge in [-0.15, -0.1) is 11.3 Å². The van der Waals surface area contributed by atoms with E-state index < -0.39 is 0 Å². The summed E-state index contributed by atoms with van der Waals surface area (Å²) in [6, 6.07) is 15.9. The topological polar surface area (TPSA) is 76.2 Å². The van der Waals surface area contributed by atoms with Gasteiger partial charge in [0.15, 0.2) is 11.5 Å². The highest BCUT2D eigenvalue weighted by molar-refractivity contribution is 7.17. The van der Waals surface area contributed by atoms with E-state index in [0.717, 1.165) is 40.4 Å². The van der Waals surface area contributed by atoms with E-state index in [0.29, 0.717) is 24.4 Å². The third-order valence-corrected chi connectivity index (χ3v) is 6.30. The van der Waals surface area contributed by atoms with Crippen LogP contribution in [0.1, 0.15) is 24.4 Å². The van der Waals surface area contributed by atoms with E-state index in [2.05, 4.69) is 16.4 Å². The maximum Gasteiger partial charge on any atom is 0.260 e. The molecule has 1 atom stereocenters. The number of ether oxygens (including phenoxy) is 2. The fourth-order valence-corrected chi connectivity index (χ4v) is 4.73. The van der Waals surface area contributed by atoms with Crippen LogP contribution in [-0.2, 0) is 6.42 Å². The fourth-order valence-electron chi connectivity index (χ4n) is 3.77. The zero-order valence-corrected chi connectivity index (χ0v) is 18.0. The van der Waals surface area contributed by atoms with Crippen LogP contribution in [0.3, 0.4) is 0 Å². The summed E-state index contributed by atoms with van der Waals surface area (Å²) in [5.74, 6) is 2.26. The lowest BCUT2D eigenvalue weighted by molar-refractivity contribution is 0.171. The zero-order valence-electron chi connectivity index (χ0n) is 17.2. The van der Waals surface area contributed by atoms with Gasteiger partial charge in [-0.25, -0.2) is 4.98 Å². The first-order valence-electron chi connectivity index (χ1n) is 10.4. The van der Waals surface area contributed by atoms with E-state index in [1.807, 2.05) is 54.8 Å². The molecule has 1 aliphatic heterocycles. The minimum absolute atomic E-state index is 0.0726. The van der Waals surface area contributed by atoms with Crippen LogP contribution in [0.25, 0.3) is 21.3 Å². The molecule has 0 saturated heterocycles. The van der Waals surface area contributed by atoms with Gasteiger partial charge in [-0.2, -0.15) is 0 Å². The molecule has 1 aliphatic rings. The van der Waals surface area contributed by atoms with Crippen molar-refractivity contribution in [2.24, 2.45) is 0 Å². The van der Waals surface area contributed by atoms with Crippen LogP contribution in [-0.4, -0.2) is 29.7 Å². The first-order valence-corrected chi connectivity index (χ1v) is 11.3. The molecule has 1 unspecified atom stereocenters. The smallest absolute Gasteiger partial charge is 0.260 e. The Kier molecular flexibility index (Phi) is 5.44.